The number of hydrogen-bond acceptors (Lipinski definition) is 3. The zero-order valence-electron chi connectivity index (χ0n) is 13.7. The van der Waals surface area contributed by atoms with E-state index in [2.05, 4.69) is 10.4 Å². The molecule has 5 nitrogen and oxygen atoms in total. The van der Waals surface area contributed by atoms with Crippen LogP contribution in [0.25, 0.3) is 0 Å². The second-order valence-electron chi connectivity index (χ2n) is 6.11. The van der Waals surface area contributed by atoms with Gasteiger partial charge in [-0.15, -0.1) is 0 Å². The van der Waals surface area contributed by atoms with Crippen molar-refractivity contribution in [2.75, 3.05) is 6.61 Å². The Balaban J connectivity index is 1.60. The number of carbonyl (C=O) groups excluding carboxylic acids is 1. The molecule has 0 fully saturated rings. The van der Waals surface area contributed by atoms with Crippen LogP contribution < -0.4 is 10.1 Å². The van der Waals surface area contributed by atoms with Crippen LogP contribution in [-0.2, 0) is 17.8 Å². The van der Waals surface area contributed by atoms with E-state index >= 15 is 0 Å². The van der Waals surface area contributed by atoms with E-state index in [0.29, 0.717) is 29.8 Å². The Morgan fingerprint density at radius 3 is 2.73 bits per heavy atom. The predicted octanol–water partition coefficient (Wildman–Crippen LogP) is 3.16. The molecule has 0 saturated heterocycles. The van der Waals surface area contributed by atoms with Crippen LogP contribution in [0.5, 0.6) is 5.75 Å². The lowest BCUT2D eigenvalue weighted by molar-refractivity contribution is -0.142. The topological polar surface area (TPSA) is 56.1 Å². The molecule has 0 unspecified atom stereocenters. The van der Waals surface area contributed by atoms with Gasteiger partial charge in [0.15, 0.2) is 6.61 Å². The summed E-state index contributed by atoms with van der Waals surface area (Å²) in [5.74, 6) is -0.483. The Hall–Kier alpha value is -2.58. The van der Waals surface area contributed by atoms with Crippen molar-refractivity contribution in [3.63, 3.8) is 0 Å². The Labute approximate surface area is 146 Å². The summed E-state index contributed by atoms with van der Waals surface area (Å²) in [6.45, 7) is -1.44. The van der Waals surface area contributed by atoms with Gasteiger partial charge in [-0.05, 0) is 49.1 Å². The van der Waals surface area contributed by atoms with E-state index in [-0.39, 0.29) is 6.61 Å². The number of nitrogens with zero attached hydrogens (tertiary/aromatic N) is 2. The van der Waals surface area contributed by atoms with E-state index in [0.717, 1.165) is 11.1 Å². The minimum absolute atomic E-state index is 0.277. The van der Waals surface area contributed by atoms with Crippen LogP contribution in [0.1, 0.15) is 30.1 Å². The Morgan fingerprint density at radius 2 is 2.04 bits per heavy atom. The summed E-state index contributed by atoms with van der Waals surface area (Å²) >= 11 is 0. The summed E-state index contributed by atoms with van der Waals surface area (Å²) in [4.78, 5) is 12.1. The fourth-order valence-corrected chi connectivity index (χ4v) is 2.92. The molecule has 26 heavy (non-hydrogen) atoms. The third-order valence-electron chi connectivity index (χ3n) is 4.00. The van der Waals surface area contributed by atoms with Gasteiger partial charge in [-0.3, -0.25) is 9.48 Å². The molecule has 0 spiro atoms. The summed E-state index contributed by atoms with van der Waals surface area (Å²) in [7, 11) is 0. The van der Waals surface area contributed by atoms with Crippen LogP contribution >= 0.6 is 0 Å². The number of aryl methyl sites for hydroxylation is 1. The minimum Gasteiger partial charge on any atom is -0.484 e. The molecule has 1 aliphatic carbocycles. The van der Waals surface area contributed by atoms with Crippen LogP contribution in [0.15, 0.2) is 30.5 Å². The highest BCUT2D eigenvalue weighted by Crippen LogP contribution is 2.29. The number of halogens is 4. The molecule has 1 atom stereocenters. The Bertz CT molecular complexity index is 771. The van der Waals surface area contributed by atoms with Crippen LogP contribution in [0.4, 0.5) is 17.6 Å². The quantitative estimate of drug-likeness (QED) is 0.822. The maximum absolute atomic E-state index is 12.8. The number of aromatic nitrogens is 2. The van der Waals surface area contributed by atoms with E-state index in [1.54, 1.807) is 0 Å². The number of alkyl halides is 3. The van der Waals surface area contributed by atoms with Crippen molar-refractivity contribution >= 4 is 5.91 Å². The van der Waals surface area contributed by atoms with Crippen molar-refractivity contribution < 1.29 is 27.1 Å². The van der Waals surface area contributed by atoms with Crippen LogP contribution in [0.2, 0.25) is 0 Å². The van der Waals surface area contributed by atoms with Gasteiger partial charge in [-0.2, -0.15) is 18.3 Å². The van der Waals surface area contributed by atoms with Crippen molar-refractivity contribution in [2.24, 2.45) is 0 Å². The molecule has 1 heterocycles. The van der Waals surface area contributed by atoms with Gasteiger partial charge in [0.2, 0.25) is 0 Å². The zero-order chi connectivity index (χ0) is 18.7. The van der Waals surface area contributed by atoms with Crippen molar-refractivity contribution in [2.45, 2.75) is 38.0 Å². The zero-order valence-corrected chi connectivity index (χ0v) is 13.7. The summed E-state index contributed by atoms with van der Waals surface area (Å²) < 4.78 is 56.5. The van der Waals surface area contributed by atoms with Crippen LogP contribution in [0.3, 0.4) is 0 Å². The van der Waals surface area contributed by atoms with Crippen molar-refractivity contribution in [3.05, 3.63) is 47.5 Å². The molecule has 3 rings (SSSR count). The van der Waals surface area contributed by atoms with Crippen molar-refractivity contribution in [1.29, 1.82) is 0 Å². The maximum atomic E-state index is 12.8. The molecule has 0 aliphatic heterocycles. The normalized spacial score (nSPS) is 16.8. The lowest BCUT2D eigenvalue weighted by Crippen LogP contribution is -2.34. The third-order valence-corrected chi connectivity index (χ3v) is 4.00. The van der Waals surface area contributed by atoms with E-state index in [9.17, 15) is 22.4 Å². The van der Waals surface area contributed by atoms with Crippen molar-refractivity contribution in [1.82, 2.24) is 15.1 Å². The first-order valence-corrected chi connectivity index (χ1v) is 8.11. The molecule has 1 N–H and O–H groups in total. The van der Waals surface area contributed by atoms with Gasteiger partial charge < -0.3 is 10.1 Å². The van der Waals surface area contributed by atoms with Gasteiger partial charge in [0.1, 0.15) is 18.1 Å². The number of carbonyl (C=O) groups is 1. The number of ether oxygens (including phenoxy) is 1. The lowest BCUT2D eigenvalue weighted by Gasteiger charge is -2.22. The molecule has 1 aromatic heterocycles. The number of fused-ring (bicyclic) bond motifs is 1. The van der Waals surface area contributed by atoms with Gasteiger partial charge in [0, 0.05) is 6.20 Å². The molecular formula is C17H17F4N3O2. The number of nitrogens with one attached hydrogen (secondary N) is 1. The van der Waals surface area contributed by atoms with Crippen LogP contribution in [-0.4, -0.2) is 28.5 Å². The highest BCUT2D eigenvalue weighted by molar-refractivity contribution is 5.78. The Kier molecular flexibility index (Phi) is 5.15. The van der Waals surface area contributed by atoms with Crippen LogP contribution in [0, 0.1) is 5.82 Å². The number of rotatable bonds is 5. The fourth-order valence-electron chi connectivity index (χ4n) is 2.92. The lowest BCUT2D eigenvalue weighted by atomic mass is 9.94. The average molecular weight is 371 g/mol. The first-order valence-electron chi connectivity index (χ1n) is 8.11. The SMILES string of the molecule is O=C(COc1ccc(F)cc1)N[C@@H]1CCCc2cn(CC(F)(F)F)nc21. The first kappa shape index (κ1) is 18.2. The highest BCUT2D eigenvalue weighted by Gasteiger charge is 2.31. The first-order chi connectivity index (χ1) is 12.3. The van der Waals surface area contributed by atoms with Gasteiger partial charge in [0.25, 0.3) is 5.91 Å². The minimum atomic E-state index is -4.35. The van der Waals surface area contributed by atoms with Gasteiger partial charge >= 0.3 is 6.18 Å². The molecule has 2 aromatic rings. The molecule has 140 valence electrons. The van der Waals surface area contributed by atoms with E-state index in [1.165, 1.54) is 30.5 Å². The smallest absolute Gasteiger partial charge is 0.408 e. The molecule has 1 amide bonds. The highest BCUT2D eigenvalue weighted by atomic mass is 19.4. The molecular weight excluding hydrogens is 354 g/mol. The van der Waals surface area contributed by atoms with Gasteiger partial charge in [0.05, 0.1) is 11.7 Å². The number of hydrogen-bond donors (Lipinski definition) is 1. The van der Waals surface area contributed by atoms with Gasteiger partial charge in [-0.1, -0.05) is 0 Å². The second kappa shape index (κ2) is 7.35. The van der Waals surface area contributed by atoms with E-state index < -0.39 is 30.5 Å². The Morgan fingerprint density at radius 1 is 1.31 bits per heavy atom. The summed E-state index contributed by atoms with van der Waals surface area (Å²) in [6, 6.07) is 4.79. The largest absolute Gasteiger partial charge is 0.484 e. The monoisotopic (exact) mass is 371 g/mol. The summed E-state index contributed by atoms with van der Waals surface area (Å²) in [5.41, 5.74) is 1.18. The molecule has 1 aliphatic rings. The number of benzene rings is 1. The molecule has 0 radical (unpaired) electrons. The number of amides is 1. The fraction of sp³-hybridized carbons (Fsp3) is 0.412. The molecule has 0 saturated carbocycles. The van der Waals surface area contributed by atoms with Crippen molar-refractivity contribution in [3.8, 4) is 5.75 Å². The van der Waals surface area contributed by atoms with E-state index in [4.69, 9.17) is 4.74 Å². The van der Waals surface area contributed by atoms with E-state index in [1.807, 2.05) is 0 Å². The maximum Gasteiger partial charge on any atom is 0.408 e. The van der Waals surface area contributed by atoms with Gasteiger partial charge in [-0.25, -0.2) is 4.39 Å². The summed E-state index contributed by atoms with van der Waals surface area (Å²) in [5, 5.41) is 6.74. The second-order valence-corrected chi connectivity index (χ2v) is 6.11. The molecule has 9 heteroatoms. The molecule has 0 bridgehead atoms. The summed E-state index contributed by atoms with van der Waals surface area (Å²) in [6.07, 6.45) is -0.995. The third kappa shape index (κ3) is 4.74. The average Bonchev–Trinajstić information content (AvgIpc) is 2.96. The predicted molar refractivity (Wildman–Crippen MR) is 84.0 cm³/mol. The standard InChI is InChI=1S/C17H17F4N3O2/c18-12-4-6-13(7-5-12)26-9-15(25)22-14-3-1-2-11-8-24(23-16(11)14)10-17(19,20)21/h4-8,14H,1-3,9-10H2,(H,22,25)/t14-/m1/s1. The molecule has 1 aromatic carbocycles.